The van der Waals surface area contributed by atoms with Gasteiger partial charge in [0, 0.05) is 17.5 Å². The molecule has 2 aromatic rings. The topological polar surface area (TPSA) is 63.6 Å². The van der Waals surface area contributed by atoms with E-state index in [4.69, 9.17) is 4.74 Å². The van der Waals surface area contributed by atoms with Gasteiger partial charge in [0.1, 0.15) is 0 Å². The van der Waals surface area contributed by atoms with Crippen LogP contribution in [0.5, 0.6) is 0 Å². The minimum atomic E-state index is -1.46. The maximum atomic E-state index is 12.8. The SMILES string of the molecule is CCOC(=O)C(O)c1ccccc1C(=O)Cc1c(C)cccc1C. The number of benzene rings is 2. The third kappa shape index (κ3) is 3.89. The standard InChI is InChI=1S/C20H22O4/c1-4-24-20(23)19(22)16-11-6-5-10-15(16)18(21)12-17-13(2)8-7-9-14(17)3/h5-11,19,22H,4,12H2,1-3H3. The number of hydrogen-bond acceptors (Lipinski definition) is 4. The molecule has 0 fully saturated rings. The lowest BCUT2D eigenvalue weighted by atomic mass is 9.92. The Morgan fingerprint density at radius 2 is 1.67 bits per heavy atom. The van der Waals surface area contributed by atoms with Gasteiger partial charge >= 0.3 is 5.97 Å². The lowest BCUT2D eigenvalue weighted by Gasteiger charge is -2.15. The summed E-state index contributed by atoms with van der Waals surface area (Å²) in [5.41, 5.74) is 3.70. The first-order valence-electron chi connectivity index (χ1n) is 7.97. The molecule has 1 N–H and O–H groups in total. The molecule has 0 saturated heterocycles. The van der Waals surface area contributed by atoms with Gasteiger partial charge in [-0.05, 0) is 37.5 Å². The van der Waals surface area contributed by atoms with Gasteiger partial charge in [-0.25, -0.2) is 4.79 Å². The number of ether oxygens (including phenoxy) is 1. The van der Waals surface area contributed by atoms with Crippen molar-refractivity contribution < 1.29 is 19.4 Å². The number of aryl methyl sites for hydroxylation is 2. The molecule has 0 aliphatic heterocycles. The van der Waals surface area contributed by atoms with Crippen LogP contribution in [-0.2, 0) is 16.0 Å². The first-order valence-corrected chi connectivity index (χ1v) is 7.97. The van der Waals surface area contributed by atoms with E-state index in [-0.39, 0.29) is 24.4 Å². The first kappa shape index (κ1) is 17.9. The molecule has 0 heterocycles. The summed E-state index contributed by atoms with van der Waals surface area (Å²) in [5.74, 6) is -0.879. The summed E-state index contributed by atoms with van der Waals surface area (Å²) in [6, 6.07) is 12.5. The first-order chi connectivity index (χ1) is 11.5. The molecule has 0 bridgehead atoms. The van der Waals surface area contributed by atoms with Crippen molar-refractivity contribution in [3.05, 3.63) is 70.3 Å². The van der Waals surface area contributed by atoms with Crippen molar-refractivity contribution in [1.29, 1.82) is 0 Å². The minimum absolute atomic E-state index is 0.133. The summed E-state index contributed by atoms with van der Waals surface area (Å²) in [4.78, 5) is 24.6. The highest BCUT2D eigenvalue weighted by Gasteiger charge is 2.24. The van der Waals surface area contributed by atoms with Gasteiger partial charge in [-0.1, -0.05) is 42.5 Å². The molecular weight excluding hydrogens is 304 g/mol. The Morgan fingerprint density at radius 1 is 1.04 bits per heavy atom. The molecule has 0 spiro atoms. The molecule has 0 aliphatic rings. The zero-order chi connectivity index (χ0) is 17.7. The van der Waals surface area contributed by atoms with E-state index in [1.807, 2.05) is 32.0 Å². The Labute approximate surface area is 142 Å². The quantitative estimate of drug-likeness (QED) is 0.653. The number of carbonyl (C=O) groups excluding carboxylic acids is 2. The molecule has 126 valence electrons. The summed E-state index contributed by atoms with van der Waals surface area (Å²) in [5, 5.41) is 10.2. The van der Waals surface area contributed by atoms with Crippen molar-refractivity contribution >= 4 is 11.8 Å². The Kier molecular flexibility index (Phi) is 5.88. The summed E-state index contributed by atoms with van der Waals surface area (Å²) in [6.07, 6.45) is -1.23. The molecule has 1 atom stereocenters. The van der Waals surface area contributed by atoms with Gasteiger partial charge < -0.3 is 9.84 Å². The third-order valence-corrected chi connectivity index (χ3v) is 4.05. The minimum Gasteiger partial charge on any atom is -0.464 e. The Hall–Kier alpha value is -2.46. The highest BCUT2D eigenvalue weighted by atomic mass is 16.5. The summed E-state index contributed by atoms with van der Waals surface area (Å²) >= 11 is 0. The van der Waals surface area contributed by atoms with Crippen molar-refractivity contribution in [1.82, 2.24) is 0 Å². The molecule has 24 heavy (non-hydrogen) atoms. The maximum Gasteiger partial charge on any atom is 0.339 e. The normalized spacial score (nSPS) is 11.8. The van der Waals surface area contributed by atoms with Crippen LogP contribution in [0.15, 0.2) is 42.5 Å². The van der Waals surface area contributed by atoms with E-state index in [1.165, 1.54) is 0 Å². The van der Waals surface area contributed by atoms with Gasteiger partial charge in [0.2, 0.25) is 0 Å². The van der Waals surface area contributed by atoms with Crippen molar-refractivity contribution in [2.75, 3.05) is 6.61 Å². The number of carbonyl (C=O) groups is 2. The van der Waals surface area contributed by atoms with Gasteiger partial charge in [-0.2, -0.15) is 0 Å². The molecule has 1 unspecified atom stereocenters. The number of hydrogen-bond donors (Lipinski definition) is 1. The van der Waals surface area contributed by atoms with E-state index in [0.717, 1.165) is 16.7 Å². The van der Waals surface area contributed by atoms with E-state index in [9.17, 15) is 14.7 Å². The second-order valence-electron chi connectivity index (χ2n) is 5.71. The van der Waals surface area contributed by atoms with Crippen LogP contribution in [0.25, 0.3) is 0 Å². The average Bonchev–Trinajstić information content (AvgIpc) is 2.57. The second kappa shape index (κ2) is 7.88. The van der Waals surface area contributed by atoms with Gasteiger partial charge in [-0.3, -0.25) is 4.79 Å². The van der Waals surface area contributed by atoms with E-state index < -0.39 is 12.1 Å². The van der Waals surface area contributed by atoms with Crippen molar-refractivity contribution in [2.45, 2.75) is 33.3 Å². The largest absolute Gasteiger partial charge is 0.464 e. The summed E-state index contributed by atoms with van der Waals surface area (Å²) < 4.78 is 4.85. The lowest BCUT2D eigenvalue weighted by Crippen LogP contribution is -2.19. The molecule has 4 heteroatoms. The van der Waals surface area contributed by atoms with Crippen LogP contribution in [-0.4, -0.2) is 23.5 Å². The van der Waals surface area contributed by atoms with E-state index >= 15 is 0 Å². The fourth-order valence-corrected chi connectivity index (χ4v) is 2.72. The van der Waals surface area contributed by atoms with Gasteiger partial charge in [0.15, 0.2) is 11.9 Å². The molecule has 0 saturated carbocycles. The number of aliphatic hydroxyl groups excluding tert-OH is 1. The third-order valence-electron chi connectivity index (χ3n) is 4.05. The average molecular weight is 326 g/mol. The lowest BCUT2D eigenvalue weighted by molar-refractivity contribution is -0.153. The highest BCUT2D eigenvalue weighted by molar-refractivity contribution is 6.00. The van der Waals surface area contributed by atoms with Crippen LogP contribution in [0, 0.1) is 13.8 Å². The van der Waals surface area contributed by atoms with E-state index in [1.54, 1.807) is 31.2 Å². The fourth-order valence-electron chi connectivity index (χ4n) is 2.72. The van der Waals surface area contributed by atoms with Gasteiger partial charge in [0.05, 0.1) is 6.61 Å². The molecule has 2 aromatic carbocycles. The molecule has 4 nitrogen and oxygen atoms in total. The van der Waals surface area contributed by atoms with Gasteiger partial charge in [0.25, 0.3) is 0 Å². The van der Waals surface area contributed by atoms with Crippen molar-refractivity contribution in [3.63, 3.8) is 0 Å². The molecule has 0 amide bonds. The predicted molar refractivity (Wildman–Crippen MR) is 92.0 cm³/mol. The van der Waals surface area contributed by atoms with E-state index in [2.05, 4.69) is 0 Å². The van der Waals surface area contributed by atoms with Crippen molar-refractivity contribution in [2.24, 2.45) is 0 Å². The number of Topliss-reactive ketones (excluding diaryl/α,β-unsaturated/α-hetero) is 1. The number of esters is 1. The predicted octanol–water partition coefficient (Wildman–Crippen LogP) is 3.33. The van der Waals surface area contributed by atoms with Crippen molar-refractivity contribution in [3.8, 4) is 0 Å². The molecular formula is C20H22O4. The zero-order valence-corrected chi connectivity index (χ0v) is 14.2. The van der Waals surface area contributed by atoms with Crippen LogP contribution in [0.3, 0.4) is 0 Å². The Morgan fingerprint density at radius 3 is 2.29 bits per heavy atom. The Bertz CT molecular complexity index is 729. The number of ketones is 1. The van der Waals surface area contributed by atoms with Crippen LogP contribution < -0.4 is 0 Å². The summed E-state index contributed by atoms with van der Waals surface area (Å²) in [6.45, 7) is 5.78. The highest BCUT2D eigenvalue weighted by Crippen LogP contribution is 2.23. The Balaban J connectivity index is 2.32. The molecule has 2 rings (SSSR count). The second-order valence-corrected chi connectivity index (χ2v) is 5.71. The summed E-state index contributed by atoms with van der Waals surface area (Å²) in [7, 11) is 0. The van der Waals surface area contributed by atoms with Crippen LogP contribution >= 0.6 is 0 Å². The zero-order valence-electron chi connectivity index (χ0n) is 14.2. The molecule has 0 aliphatic carbocycles. The van der Waals surface area contributed by atoms with Crippen LogP contribution in [0.1, 0.15) is 45.6 Å². The van der Waals surface area contributed by atoms with Crippen LogP contribution in [0.2, 0.25) is 0 Å². The smallest absolute Gasteiger partial charge is 0.339 e. The monoisotopic (exact) mass is 326 g/mol. The molecule has 0 aromatic heterocycles. The van der Waals surface area contributed by atoms with E-state index in [0.29, 0.717) is 5.56 Å². The number of rotatable bonds is 6. The maximum absolute atomic E-state index is 12.8. The van der Waals surface area contributed by atoms with Gasteiger partial charge in [-0.15, -0.1) is 0 Å². The van der Waals surface area contributed by atoms with Crippen LogP contribution in [0.4, 0.5) is 0 Å². The number of aliphatic hydroxyl groups is 1. The fraction of sp³-hybridized carbons (Fsp3) is 0.300. The molecule has 0 radical (unpaired) electrons.